The number of aromatic nitrogens is 4. The number of carbonyl (C=O) groups is 2. The molecule has 4 aromatic rings. The lowest BCUT2D eigenvalue weighted by Crippen LogP contribution is -2.31. The molecule has 2 heterocycles. The molecule has 0 radical (unpaired) electrons. The van der Waals surface area contributed by atoms with Crippen molar-refractivity contribution in [3.05, 3.63) is 70.5 Å². The van der Waals surface area contributed by atoms with Crippen LogP contribution in [-0.2, 0) is 24.3 Å². The SMILES string of the molecule is CCOCCOc1ccc(NC(=O)C(C)Oc2ccc(C)cc2C)cc1S(=O)(=O)NCC(C)c1nc2c(S/C=C\C(=O)N(C)C)c(C)[nH]n2n1. The molecule has 2 aromatic heterocycles. The van der Waals surface area contributed by atoms with Gasteiger partial charge in [0.2, 0.25) is 15.9 Å². The minimum absolute atomic E-state index is 0.0239. The third-order valence-electron chi connectivity index (χ3n) is 7.49. The molecule has 0 aliphatic heterocycles. The number of H-pyrrole nitrogens is 1. The Labute approximate surface area is 297 Å². The minimum Gasteiger partial charge on any atom is -0.490 e. The maximum atomic E-state index is 13.7. The second-order valence-electron chi connectivity index (χ2n) is 11.9. The van der Waals surface area contributed by atoms with Crippen LogP contribution in [0.3, 0.4) is 0 Å². The van der Waals surface area contributed by atoms with Crippen LogP contribution >= 0.6 is 11.8 Å². The maximum absolute atomic E-state index is 13.7. The van der Waals surface area contributed by atoms with E-state index in [2.05, 4.69) is 25.2 Å². The van der Waals surface area contributed by atoms with Gasteiger partial charge in [0.25, 0.3) is 5.91 Å². The number of ether oxygens (including phenoxy) is 3. The van der Waals surface area contributed by atoms with E-state index in [1.54, 1.807) is 39.4 Å². The summed E-state index contributed by atoms with van der Waals surface area (Å²) < 4.78 is 48.7. The van der Waals surface area contributed by atoms with Gasteiger partial charge in [-0.2, -0.15) is 4.63 Å². The highest BCUT2D eigenvalue weighted by Gasteiger charge is 2.25. The van der Waals surface area contributed by atoms with Gasteiger partial charge < -0.3 is 24.4 Å². The summed E-state index contributed by atoms with van der Waals surface area (Å²) in [6.45, 7) is 11.9. The van der Waals surface area contributed by atoms with Crippen LogP contribution in [-0.4, -0.2) is 91.5 Å². The van der Waals surface area contributed by atoms with Crippen molar-refractivity contribution < 1.29 is 32.2 Å². The molecule has 2 unspecified atom stereocenters. The van der Waals surface area contributed by atoms with Crippen molar-refractivity contribution >= 4 is 44.9 Å². The number of carbonyl (C=O) groups excluding carboxylic acids is 2. The number of benzene rings is 2. The Bertz CT molecular complexity index is 1950. The molecule has 2 aromatic carbocycles. The van der Waals surface area contributed by atoms with E-state index >= 15 is 0 Å². The molecule has 2 amide bonds. The fourth-order valence-electron chi connectivity index (χ4n) is 4.68. The number of anilines is 1. The number of hydrogen-bond acceptors (Lipinski definition) is 10. The normalized spacial score (nSPS) is 13.0. The van der Waals surface area contributed by atoms with E-state index in [-0.39, 0.29) is 42.0 Å². The third-order valence-corrected chi connectivity index (χ3v) is 9.93. The molecule has 3 N–H and O–H groups in total. The predicted octanol–water partition coefficient (Wildman–Crippen LogP) is 4.58. The lowest BCUT2D eigenvalue weighted by molar-refractivity contribution is -0.123. The molecule has 0 aliphatic carbocycles. The second kappa shape index (κ2) is 17.0. The van der Waals surface area contributed by atoms with E-state index < -0.39 is 28.0 Å². The molecule has 16 heteroatoms. The Hall–Kier alpha value is -4.38. The Kier molecular flexibility index (Phi) is 13.1. The van der Waals surface area contributed by atoms with Crippen molar-refractivity contribution in [2.45, 2.75) is 63.4 Å². The van der Waals surface area contributed by atoms with Gasteiger partial charge in [0.1, 0.15) is 23.0 Å². The van der Waals surface area contributed by atoms with E-state index in [1.165, 1.54) is 39.5 Å². The Morgan fingerprint density at radius 3 is 2.52 bits per heavy atom. The molecule has 270 valence electrons. The molecular formula is C34H45N7O7S2. The monoisotopic (exact) mass is 727 g/mol. The third kappa shape index (κ3) is 9.87. The number of thioether (sulfide) groups is 1. The topological polar surface area (TPSA) is 169 Å². The van der Waals surface area contributed by atoms with Crippen LogP contribution in [0.1, 0.15) is 49.3 Å². The molecule has 0 saturated carbocycles. The lowest BCUT2D eigenvalue weighted by atomic mass is 10.1. The predicted molar refractivity (Wildman–Crippen MR) is 192 cm³/mol. The summed E-state index contributed by atoms with van der Waals surface area (Å²) in [7, 11) is -0.801. The number of amides is 2. The average molecular weight is 728 g/mol. The van der Waals surface area contributed by atoms with Gasteiger partial charge in [0.05, 0.1) is 11.5 Å². The standard InChI is InChI=1S/C34H45N7O7S2/c1-9-46-15-16-47-28-13-11-26(36-34(43)25(6)48-27-12-10-21(2)18-22(27)3)19-29(28)50(44,45)35-20-23(4)32-37-33-31(24(5)38-41(33)39-32)49-17-14-30(42)40(7)8/h10-14,17-19,23,25,35,38H,9,15-16,20H2,1-8H3,(H,36,43)/b17-14-. The minimum atomic E-state index is -4.15. The van der Waals surface area contributed by atoms with Crippen molar-refractivity contribution in [3.63, 3.8) is 0 Å². The van der Waals surface area contributed by atoms with Gasteiger partial charge in [-0.15, -0.1) is 5.10 Å². The van der Waals surface area contributed by atoms with Gasteiger partial charge in [0.15, 0.2) is 17.6 Å². The zero-order valence-corrected chi connectivity index (χ0v) is 31.2. The van der Waals surface area contributed by atoms with Crippen LogP contribution < -0.4 is 19.5 Å². The number of aromatic amines is 1. The highest BCUT2D eigenvalue weighted by molar-refractivity contribution is 8.02. The second-order valence-corrected chi connectivity index (χ2v) is 14.6. The number of nitrogens with zero attached hydrogens (tertiary/aromatic N) is 4. The van der Waals surface area contributed by atoms with Gasteiger partial charge in [-0.05, 0) is 69.9 Å². The Balaban J connectivity index is 1.49. The van der Waals surface area contributed by atoms with Crippen LogP contribution in [0.15, 0.2) is 57.7 Å². The van der Waals surface area contributed by atoms with Crippen LogP contribution in [0.2, 0.25) is 0 Å². The number of aryl methyl sites for hydroxylation is 3. The van der Waals surface area contributed by atoms with Crippen LogP contribution in [0.25, 0.3) is 5.65 Å². The van der Waals surface area contributed by atoms with Crippen LogP contribution in [0.5, 0.6) is 11.5 Å². The molecule has 4 rings (SSSR count). The summed E-state index contributed by atoms with van der Waals surface area (Å²) in [4.78, 5) is 31.8. The average Bonchev–Trinajstić information content (AvgIpc) is 3.60. The molecule has 0 bridgehead atoms. The molecule has 0 aliphatic rings. The Morgan fingerprint density at radius 1 is 1.08 bits per heavy atom. The largest absolute Gasteiger partial charge is 0.490 e. The summed E-state index contributed by atoms with van der Waals surface area (Å²) >= 11 is 1.33. The van der Waals surface area contributed by atoms with E-state index in [9.17, 15) is 18.0 Å². The van der Waals surface area contributed by atoms with Crippen molar-refractivity contribution in [2.24, 2.45) is 0 Å². The Morgan fingerprint density at radius 2 is 1.82 bits per heavy atom. The quantitative estimate of drug-likeness (QED) is 0.0796. The lowest BCUT2D eigenvalue weighted by Gasteiger charge is -2.18. The number of likely N-dealkylation sites (N-methyl/N-ethyl adjacent to an activating group) is 1. The summed E-state index contributed by atoms with van der Waals surface area (Å²) in [6.07, 6.45) is 0.614. The zero-order chi connectivity index (χ0) is 36.6. The molecule has 50 heavy (non-hydrogen) atoms. The molecule has 2 atom stereocenters. The maximum Gasteiger partial charge on any atom is 0.265 e. The molecule has 0 saturated heterocycles. The number of nitrogens with one attached hydrogen (secondary N) is 3. The van der Waals surface area contributed by atoms with Gasteiger partial charge in [-0.25, -0.2) is 18.1 Å². The van der Waals surface area contributed by atoms with Crippen molar-refractivity contribution in [1.82, 2.24) is 29.4 Å². The molecule has 14 nitrogen and oxygen atoms in total. The first-order valence-electron chi connectivity index (χ1n) is 16.1. The first kappa shape index (κ1) is 38.4. The van der Waals surface area contributed by atoms with E-state index in [1.807, 2.05) is 45.9 Å². The highest BCUT2D eigenvalue weighted by Crippen LogP contribution is 2.30. The fourth-order valence-corrected chi connectivity index (χ4v) is 6.76. The first-order chi connectivity index (χ1) is 23.7. The number of rotatable bonds is 17. The van der Waals surface area contributed by atoms with Gasteiger partial charge >= 0.3 is 0 Å². The highest BCUT2D eigenvalue weighted by atomic mass is 32.2. The van der Waals surface area contributed by atoms with Crippen molar-refractivity contribution in [2.75, 3.05) is 45.8 Å². The van der Waals surface area contributed by atoms with E-state index in [4.69, 9.17) is 14.2 Å². The summed E-state index contributed by atoms with van der Waals surface area (Å²) in [6, 6.07) is 10.1. The van der Waals surface area contributed by atoms with Crippen LogP contribution in [0, 0.1) is 20.8 Å². The smallest absolute Gasteiger partial charge is 0.265 e. The first-order valence-corrected chi connectivity index (χ1v) is 18.4. The van der Waals surface area contributed by atoms with Crippen molar-refractivity contribution in [1.29, 1.82) is 0 Å². The molecular weight excluding hydrogens is 683 g/mol. The number of sulfonamides is 1. The summed E-state index contributed by atoms with van der Waals surface area (Å²) in [5.41, 5.74) is 3.61. The van der Waals surface area contributed by atoms with Gasteiger partial charge in [-0.1, -0.05) is 36.4 Å². The fraction of sp³-hybridized carbons (Fsp3) is 0.412. The number of hydrogen-bond donors (Lipinski definition) is 3. The molecule has 0 spiro atoms. The molecule has 0 fully saturated rings. The summed E-state index contributed by atoms with van der Waals surface area (Å²) in [5.74, 6) is 0.0948. The van der Waals surface area contributed by atoms with Gasteiger partial charge in [0, 0.05) is 50.6 Å². The van der Waals surface area contributed by atoms with Gasteiger partial charge in [-0.3, -0.25) is 14.7 Å². The summed E-state index contributed by atoms with van der Waals surface area (Å²) in [5, 5.41) is 12.1. The van der Waals surface area contributed by atoms with E-state index in [0.29, 0.717) is 23.8 Å². The number of fused-ring (bicyclic) bond motifs is 1. The van der Waals surface area contributed by atoms with Crippen LogP contribution in [0.4, 0.5) is 5.69 Å². The van der Waals surface area contributed by atoms with E-state index in [0.717, 1.165) is 21.7 Å². The van der Waals surface area contributed by atoms with Crippen molar-refractivity contribution in [3.8, 4) is 11.5 Å². The zero-order valence-electron chi connectivity index (χ0n) is 29.6.